The van der Waals surface area contributed by atoms with Gasteiger partial charge in [-0.15, -0.1) is 11.3 Å². The molecular formula is C61H35N3S. The molecule has 0 atom stereocenters. The van der Waals surface area contributed by atoms with E-state index < -0.39 is 0 Å². The SMILES string of the molecule is c1ccc(-c2nc(-c3ccc(-c4ccccc4-c4cc5ccc6cccc7c8cccc9ccc%10cccc(c(c4)c5c67)c%10c98)cc3)nc(-c3cccc4sc5ccccc5c34)n2)cc1. The fourth-order valence-electron chi connectivity index (χ4n) is 10.5. The summed E-state index contributed by atoms with van der Waals surface area (Å²) in [7, 11) is 0. The van der Waals surface area contributed by atoms with Crippen LogP contribution in [0.5, 0.6) is 0 Å². The Labute approximate surface area is 377 Å². The summed E-state index contributed by atoms with van der Waals surface area (Å²) in [5.74, 6) is 1.96. The van der Waals surface area contributed by atoms with E-state index in [1.54, 1.807) is 11.3 Å². The number of benzene rings is 11. The third-order valence-electron chi connectivity index (χ3n) is 13.4. The summed E-state index contributed by atoms with van der Waals surface area (Å²) in [6.07, 6.45) is 0. The van der Waals surface area contributed by atoms with Crippen molar-refractivity contribution < 1.29 is 0 Å². The number of hydrogen-bond donors (Lipinski definition) is 0. The first-order valence-electron chi connectivity index (χ1n) is 22.1. The quantitative estimate of drug-likeness (QED) is 0.162. The van der Waals surface area contributed by atoms with Gasteiger partial charge in [0.15, 0.2) is 17.5 Å². The molecule has 0 N–H and O–H groups in total. The Balaban J connectivity index is 0.946. The maximum Gasteiger partial charge on any atom is 0.164 e. The van der Waals surface area contributed by atoms with Gasteiger partial charge in [-0.25, -0.2) is 15.0 Å². The standard InChI is InChI=1S/C61H35N3S/c1-2-12-40(13-3-1)59-62-60(64-61(63-59)50-23-11-25-53-58(50)49-19-6-7-24-52(49)65-53)41-31-26-36(27-32-41)44-17-4-5-18-45(44)43-34-42-33-30-39-15-9-21-47-46-20-8-14-37-28-29-38-16-10-22-48(56(38)54(37)46)51(35-43)57(42)55(39)47/h1-35H. The number of nitrogens with zero attached hydrogens (tertiary/aromatic N) is 3. The average molecular weight is 842 g/mol. The Bertz CT molecular complexity index is 4220. The van der Waals surface area contributed by atoms with Crippen LogP contribution >= 0.6 is 11.3 Å². The van der Waals surface area contributed by atoms with E-state index in [9.17, 15) is 0 Å². The molecule has 14 rings (SSSR count). The molecule has 0 aliphatic heterocycles. The van der Waals surface area contributed by atoms with Gasteiger partial charge in [-0.1, -0.05) is 188 Å². The van der Waals surface area contributed by atoms with Crippen molar-refractivity contribution in [3.8, 4) is 56.4 Å². The zero-order valence-corrected chi connectivity index (χ0v) is 35.8. The molecular weight excluding hydrogens is 807 g/mol. The first-order valence-corrected chi connectivity index (χ1v) is 22.9. The summed E-state index contributed by atoms with van der Waals surface area (Å²) in [6, 6.07) is 77.2. The molecule has 12 aromatic carbocycles. The maximum absolute atomic E-state index is 5.22. The minimum atomic E-state index is 0.642. The summed E-state index contributed by atoms with van der Waals surface area (Å²) in [6.45, 7) is 0. The monoisotopic (exact) mass is 841 g/mol. The second-order valence-electron chi connectivity index (χ2n) is 17.0. The molecule has 0 unspecified atom stereocenters. The van der Waals surface area contributed by atoms with Gasteiger partial charge in [0.25, 0.3) is 0 Å². The average Bonchev–Trinajstić information content (AvgIpc) is 3.76. The highest BCUT2D eigenvalue weighted by Gasteiger charge is 2.20. The van der Waals surface area contributed by atoms with E-state index in [-0.39, 0.29) is 0 Å². The van der Waals surface area contributed by atoms with Crippen LogP contribution < -0.4 is 0 Å². The Morgan fingerprint density at radius 2 is 0.708 bits per heavy atom. The molecule has 2 heterocycles. The summed E-state index contributed by atoms with van der Waals surface area (Å²) < 4.78 is 2.47. The van der Waals surface area contributed by atoms with Crippen LogP contribution in [-0.4, -0.2) is 15.0 Å². The number of hydrogen-bond acceptors (Lipinski definition) is 4. The van der Waals surface area contributed by atoms with Crippen LogP contribution in [0.3, 0.4) is 0 Å². The van der Waals surface area contributed by atoms with Crippen LogP contribution in [0.1, 0.15) is 0 Å². The van der Waals surface area contributed by atoms with Crippen molar-refractivity contribution in [2.45, 2.75) is 0 Å². The molecule has 0 saturated heterocycles. The molecule has 4 heteroatoms. The Morgan fingerprint density at radius 3 is 1.38 bits per heavy atom. The van der Waals surface area contributed by atoms with Gasteiger partial charge in [0.2, 0.25) is 0 Å². The Hall–Kier alpha value is -8.31. The highest BCUT2D eigenvalue weighted by Crippen LogP contribution is 2.46. The fourth-order valence-corrected chi connectivity index (χ4v) is 11.7. The van der Waals surface area contributed by atoms with Crippen molar-refractivity contribution in [3.05, 3.63) is 212 Å². The molecule has 0 amide bonds. The van der Waals surface area contributed by atoms with Crippen molar-refractivity contribution in [2.75, 3.05) is 0 Å². The van der Waals surface area contributed by atoms with E-state index in [1.807, 2.05) is 18.2 Å². The lowest BCUT2D eigenvalue weighted by Crippen LogP contribution is -2.00. The van der Waals surface area contributed by atoms with Gasteiger partial charge in [-0.3, -0.25) is 0 Å². The molecule has 0 spiro atoms. The fraction of sp³-hybridized carbons (Fsp3) is 0. The molecule has 0 aliphatic carbocycles. The van der Waals surface area contributed by atoms with E-state index >= 15 is 0 Å². The molecule has 0 radical (unpaired) electrons. The molecule has 300 valence electrons. The largest absolute Gasteiger partial charge is 0.208 e. The van der Waals surface area contributed by atoms with Gasteiger partial charge in [-0.05, 0) is 111 Å². The van der Waals surface area contributed by atoms with Crippen LogP contribution in [0.15, 0.2) is 212 Å². The van der Waals surface area contributed by atoms with Crippen LogP contribution in [0.4, 0.5) is 0 Å². The van der Waals surface area contributed by atoms with E-state index in [2.05, 4.69) is 194 Å². The van der Waals surface area contributed by atoms with E-state index in [0.717, 1.165) is 22.3 Å². The van der Waals surface area contributed by atoms with Gasteiger partial charge in [-0.2, -0.15) is 0 Å². The minimum absolute atomic E-state index is 0.642. The normalized spacial score (nSPS) is 12.0. The van der Waals surface area contributed by atoms with Crippen molar-refractivity contribution in [1.82, 2.24) is 15.0 Å². The summed E-state index contributed by atoms with van der Waals surface area (Å²) in [5, 5.41) is 17.8. The van der Waals surface area contributed by atoms with E-state index in [1.165, 1.54) is 101 Å². The number of fused-ring (bicyclic) bond motifs is 5. The van der Waals surface area contributed by atoms with E-state index in [4.69, 9.17) is 15.0 Å². The first kappa shape index (κ1) is 36.2. The molecule has 0 saturated carbocycles. The summed E-state index contributed by atoms with van der Waals surface area (Å²) >= 11 is 1.80. The first-order chi connectivity index (χ1) is 32.2. The number of rotatable bonds is 5. The summed E-state index contributed by atoms with van der Waals surface area (Å²) in [4.78, 5) is 15.5. The Kier molecular flexibility index (Phi) is 7.85. The third kappa shape index (κ3) is 5.58. The van der Waals surface area contributed by atoms with Gasteiger partial charge in [0, 0.05) is 36.9 Å². The van der Waals surface area contributed by atoms with Gasteiger partial charge in [0.05, 0.1) is 0 Å². The van der Waals surface area contributed by atoms with Crippen molar-refractivity contribution in [1.29, 1.82) is 0 Å². The third-order valence-corrected chi connectivity index (χ3v) is 14.6. The van der Waals surface area contributed by atoms with Gasteiger partial charge >= 0.3 is 0 Å². The van der Waals surface area contributed by atoms with Crippen molar-refractivity contribution >= 4 is 96.1 Å². The molecule has 0 fully saturated rings. The van der Waals surface area contributed by atoms with Crippen LogP contribution in [-0.2, 0) is 0 Å². The number of aromatic nitrogens is 3. The molecule has 0 bridgehead atoms. The predicted octanol–water partition coefficient (Wildman–Crippen LogP) is 16.9. The smallest absolute Gasteiger partial charge is 0.164 e. The molecule has 3 nitrogen and oxygen atoms in total. The Morgan fingerprint density at radius 1 is 0.246 bits per heavy atom. The molecule has 14 aromatic rings. The van der Waals surface area contributed by atoms with Crippen molar-refractivity contribution in [2.24, 2.45) is 0 Å². The van der Waals surface area contributed by atoms with Crippen LogP contribution in [0, 0.1) is 0 Å². The van der Waals surface area contributed by atoms with Crippen LogP contribution in [0.2, 0.25) is 0 Å². The highest BCUT2D eigenvalue weighted by atomic mass is 32.1. The topological polar surface area (TPSA) is 38.7 Å². The lowest BCUT2D eigenvalue weighted by atomic mass is 9.85. The lowest BCUT2D eigenvalue weighted by molar-refractivity contribution is 1.08. The highest BCUT2D eigenvalue weighted by molar-refractivity contribution is 7.25. The zero-order chi connectivity index (χ0) is 42.6. The van der Waals surface area contributed by atoms with Crippen LogP contribution in [0.25, 0.3) is 141 Å². The minimum Gasteiger partial charge on any atom is -0.208 e. The lowest BCUT2D eigenvalue weighted by Gasteiger charge is -2.18. The van der Waals surface area contributed by atoms with Gasteiger partial charge < -0.3 is 0 Å². The van der Waals surface area contributed by atoms with Crippen molar-refractivity contribution in [3.63, 3.8) is 0 Å². The van der Waals surface area contributed by atoms with Gasteiger partial charge in [0.1, 0.15) is 0 Å². The molecule has 0 aliphatic rings. The second-order valence-corrected chi connectivity index (χ2v) is 18.1. The molecule has 2 aromatic heterocycles. The maximum atomic E-state index is 5.22. The zero-order valence-electron chi connectivity index (χ0n) is 35.0. The molecule has 65 heavy (non-hydrogen) atoms. The summed E-state index contributed by atoms with van der Waals surface area (Å²) in [5.41, 5.74) is 7.56. The second kappa shape index (κ2) is 14.1. The predicted molar refractivity (Wildman–Crippen MR) is 276 cm³/mol. The number of thiophene rings is 1. The van der Waals surface area contributed by atoms with E-state index in [0.29, 0.717) is 17.5 Å².